The topological polar surface area (TPSA) is 29.3 Å². The third-order valence-corrected chi connectivity index (χ3v) is 5.21. The quantitative estimate of drug-likeness (QED) is 0.878. The molecule has 1 saturated carbocycles. The molecule has 0 spiro atoms. The second-order valence-corrected chi connectivity index (χ2v) is 7.83. The van der Waals surface area contributed by atoms with E-state index in [0.29, 0.717) is 11.5 Å². The van der Waals surface area contributed by atoms with E-state index in [9.17, 15) is 0 Å². The molecule has 1 aliphatic rings. The zero-order chi connectivity index (χ0) is 15.6. The Kier molecular flexibility index (Phi) is 5.21. The molecule has 21 heavy (non-hydrogen) atoms. The molecule has 118 valence electrons. The van der Waals surface area contributed by atoms with E-state index < -0.39 is 0 Å². The first kappa shape index (κ1) is 16.6. The van der Waals surface area contributed by atoms with Crippen LogP contribution in [0.2, 0.25) is 5.02 Å². The Morgan fingerprint density at radius 1 is 1.33 bits per heavy atom. The predicted molar refractivity (Wildman–Crippen MR) is 93.2 cm³/mol. The van der Waals surface area contributed by atoms with E-state index in [4.69, 9.17) is 17.3 Å². The highest BCUT2D eigenvalue weighted by Crippen LogP contribution is 2.39. The van der Waals surface area contributed by atoms with E-state index in [2.05, 4.69) is 31.9 Å². The number of benzene rings is 1. The van der Waals surface area contributed by atoms with Crippen molar-refractivity contribution in [1.82, 2.24) is 0 Å². The number of rotatable bonds is 4. The summed E-state index contributed by atoms with van der Waals surface area (Å²) in [5.41, 5.74) is 8.95. The Balaban J connectivity index is 2.19. The van der Waals surface area contributed by atoms with Gasteiger partial charge < -0.3 is 10.6 Å². The maximum Gasteiger partial charge on any atom is 0.0459 e. The van der Waals surface area contributed by atoms with Gasteiger partial charge in [-0.25, -0.2) is 0 Å². The van der Waals surface area contributed by atoms with Crippen molar-refractivity contribution >= 4 is 17.3 Å². The van der Waals surface area contributed by atoms with Crippen molar-refractivity contribution in [3.8, 4) is 0 Å². The Morgan fingerprint density at radius 2 is 1.95 bits per heavy atom. The van der Waals surface area contributed by atoms with E-state index >= 15 is 0 Å². The van der Waals surface area contributed by atoms with Crippen molar-refractivity contribution < 1.29 is 0 Å². The standard InChI is InChI=1S/C18H29ClN2/c1-13(20)12-15-16(19)6-5-7-17(15)21(4)14-8-10-18(2,3)11-9-14/h5-7,13-14H,8-12,20H2,1-4H3. The monoisotopic (exact) mass is 308 g/mol. The zero-order valence-electron chi connectivity index (χ0n) is 13.8. The van der Waals surface area contributed by atoms with Gasteiger partial charge in [-0.05, 0) is 62.1 Å². The number of hydrogen-bond donors (Lipinski definition) is 1. The first-order valence-electron chi connectivity index (χ1n) is 8.06. The molecule has 1 aromatic carbocycles. The molecule has 1 aliphatic carbocycles. The lowest BCUT2D eigenvalue weighted by Gasteiger charge is -2.40. The number of anilines is 1. The fourth-order valence-electron chi connectivity index (χ4n) is 3.37. The summed E-state index contributed by atoms with van der Waals surface area (Å²) >= 11 is 6.42. The Hall–Kier alpha value is -0.730. The molecule has 1 unspecified atom stereocenters. The molecular formula is C18H29ClN2. The van der Waals surface area contributed by atoms with Crippen LogP contribution in [0, 0.1) is 5.41 Å². The number of halogens is 1. The minimum Gasteiger partial charge on any atom is -0.371 e. The number of nitrogens with two attached hydrogens (primary N) is 1. The predicted octanol–water partition coefficient (Wildman–Crippen LogP) is 4.63. The van der Waals surface area contributed by atoms with E-state index in [1.54, 1.807) is 0 Å². The average Bonchev–Trinajstić information content (AvgIpc) is 2.40. The van der Waals surface area contributed by atoms with Crippen LogP contribution >= 0.6 is 11.6 Å². The lowest BCUT2D eigenvalue weighted by Crippen LogP contribution is -2.38. The minimum atomic E-state index is 0.127. The van der Waals surface area contributed by atoms with E-state index in [0.717, 1.165) is 11.4 Å². The fourth-order valence-corrected chi connectivity index (χ4v) is 3.62. The summed E-state index contributed by atoms with van der Waals surface area (Å²) in [4.78, 5) is 2.43. The van der Waals surface area contributed by atoms with Crippen LogP contribution in [0.25, 0.3) is 0 Å². The Bertz CT molecular complexity index is 472. The largest absolute Gasteiger partial charge is 0.371 e. The summed E-state index contributed by atoms with van der Waals surface area (Å²) in [5.74, 6) is 0. The van der Waals surface area contributed by atoms with Crippen molar-refractivity contribution in [3.05, 3.63) is 28.8 Å². The summed E-state index contributed by atoms with van der Waals surface area (Å²) in [7, 11) is 2.21. The van der Waals surface area contributed by atoms with Crippen molar-refractivity contribution in [2.75, 3.05) is 11.9 Å². The Labute approximate surface area is 134 Å². The molecule has 0 amide bonds. The lowest BCUT2D eigenvalue weighted by molar-refractivity contribution is 0.222. The smallest absolute Gasteiger partial charge is 0.0459 e. The summed E-state index contributed by atoms with van der Waals surface area (Å²) in [6, 6.07) is 6.95. The van der Waals surface area contributed by atoms with Gasteiger partial charge in [0.15, 0.2) is 0 Å². The fraction of sp³-hybridized carbons (Fsp3) is 0.667. The summed E-state index contributed by atoms with van der Waals surface area (Å²) in [5, 5.41) is 0.841. The highest BCUT2D eigenvalue weighted by molar-refractivity contribution is 6.31. The van der Waals surface area contributed by atoms with Crippen LogP contribution in [0.1, 0.15) is 52.0 Å². The van der Waals surface area contributed by atoms with Gasteiger partial charge in [0, 0.05) is 29.8 Å². The molecule has 3 heteroatoms. The van der Waals surface area contributed by atoms with Crippen LogP contribution in [-0.2, 0) is 6.42 Å². The van der Waals surface area contributed by atoms with Crippen molar-refractivity contribution in [2.24, 2.45) is 11.1 Å². The average molecular weight is 309 g/mol. The molecule has 1 aromatic rings. The molecule has 0 radical (unpaired) electrons. The number of hydrogen-bond acceptors (Lipinski definition) is 2. The first-order valence-corrected chi connectivity index (χ1v) is 8.44. The van der Waals surface area contributed by atoms with Crippen LogP contribution in [0.3, 0.4) is 0 Å². The molecule has 2 N–H and O–H groups in total. The maximum absolute atomic E-state index is 6.42. The van der Waals surface area contributed by atoms with Gasteiger partial charge in [0.05, 0.1) is 0 Å². The van der Waals surface area contributed by atoms with Crippen molar-refractivity contribution in [1.29, 1.82) is 0 Å². The van der Waals surface area contributed by atoms with Gasteiger partial charge in [0.1, 0.15) is 0 Å². The minimum absolute atomic E-state index is 0.127. The summed E-state index contributed by atoms with van der Waals surface area (Å²) < 4.78 is 0. The van der Waals surface area contributed by atoms with Crippen LogP contribution in [0.4, 0.5) is 5.69 Å². The molecule has 2 rings (SSSR count). The zero-order valence-corrected chi connectivity index (χ0v) is 14.6. The molecular weight excluding hydrogens is 280 g/mol. The molecule has 2 nitrogen and oxygen atoms in total. The van der Waals surface area contributed by atoms with Crippen LogP contribution in [-0.4, -0.2) is 19.1 Å². The van der Waals surface area contributed by atoms with Gasteiger partial charge in [0.25, 0.3) is 0 Å². The highest BCUT2D eigenvalue weighted by atomic mass is 35.5. The second-order valence-electron chi connectivity index (χ2n) is 7.43. The normalized spacial score (nSPS) is 20.3. The van der Waals surface area contributed by atoms with Gasteiger partial charge in [-0.2, -0.15) is 0 Å². The highest BCUT2D eigenvalue weighted by Gasteiger charge is 2.29. The molecule has 0 aliphatic heterocycles. The number of nitrogens with zero attached hydrogens (tertiary/aromatic N) is 1. The maximum atomic E-state index is 6.42. The van der Waals surface area contributed by atoms with Crippen molar-refractivity contribution in [2.45, 2.75) is 65.0 Å². The van der Waals surface area contributed by atoms with Gasteiger partial charge in [-0.15, -0.1) is 0 Å². The molecule has 1 fully saturated rings. The van der Waals surface area contributed by atoms with Gasteiger partial charge >= 0.3 is 0 Å². The van der Waals surface area contributed by atoms with Crippen molar-refractivity contribution in [3.63, 3.8) is 0 Å². The Morgan fingerprint density at radius 3 is 2.52 bits per heavy atom. The second kappa shape index (κ2) is 6.58. The molecule has 0 bridgehead atoms. The van der Waals surface area contributed by atoms with Gasteiger partial charge in [-0.3, -0.25) is 0 Å². The van der Waals surface area contributed by atoms with E-state index in [-0.39, 0.29) is 6.04 Å². The van der Waals surface area contributed by atoms with Gasteiger partial charge in [-0.1, -0.05) is 31.5 Å². The lowest BCUT2D eigenvalue weighted by atomic mass is 9.75. The summed E-state index contributed by atoms with van der Waals surface area (Å²) in [6.07, 6.45) is 5.94. The third kappa shape index (κ3) is 4.14. The van der Waals surface area contributed by atoms with Gasteiger partial charge in [0.2, 0.25) is 0 Å². The van der Waals surface area contributed by atoms with Crippen LogP contribution in [0.15, 0.2) is 18.2 Å². The van der Waals surface area contributed by atoms with Crippen LogP contribution < -0.4 is 10.6 Å². The summed E-state index contributed by atoms with van der Waals surface area (Å²) in [6.45, 7) is 6.80. The molecule has 0 aromatic heterocycles. The van der Waals surface area contributed by atoms with Crippen LogP contribution in [0.5, 0.6) is 0 Å². The third-order valence-electron chi connectivity index (χ3n) is 4.86. The SMILES string of the molecule is CC(N)Cc1c(Cl)cccc1N(C)C1CCC(C)(C)CC1. The first-order chi connectivity index (χ1) is 9.80. The molecule has 1 atom stereocenters. The molecule has 0 heterocycles. The van der Waals surface area contributed by atoms with E-state index in [1.165, 1.54) is 36.9 Å². The van der Waals surface area contributed by atoms with E-state index in [1.807, 2.05) is 19.1 Å². The molecule has 0 saturated heterocycles.